The maximum absolute atomic E-state index is 3.68. The zero-order valence-corrected chi connectivity index (χ0v) is 12.4. The highest BCUT2D eigenvalue weighted by atomic mass is 32.1. The van der Waals surface area contributed by atoms with Gasteiger partial charge in [0.2, 0.25) is 0 Å². The molecule has 0 amide bonds. The molecule has 1 saturated carbocycles. The number of thiophene rings is 1. The molecule has 0 saturated heterocycles. The van der Waals surface area contributed by atoms with Gasteiger partial charge in [0.25, 0.3) is 0 Å². The van der Waals surface area contributed by atoms with Crippen molar-refractivity contribution in [2.45, 2.75) is 58.0 Å². The molecular formula is C17H21NS. The van der Waals surface area contributed by atoms with Gasteiger partial charge >= 0.3 is 0 Å². The number of rotatable bonds is 4. The van der Waals surface area contributed by atoms with Gasteiger partial charge in [-0.3, -0.25) is 0 Å². The van der Waals surface area contributed by atoms with E-state index in [1.54, 1.807) is 27.0 Å². The van der Waals surface area contributed by atoms with Crippen molar-refractivity contribution in [3.63, 3.8) is 0 Å². The number of benzene rings is 1. The molecule has 0 spiro atoms. The summed E-state index contributed by atoms with van der Waals surface area (Å²) in [5.41, 5.74) is 4.82. The molecular weight excluding hydrogens is 250 g/mol. The quantitative estimate of drug-likeness (QED) is 0.878. The summed E-state index contributed by atoms with van der Waals surface area (Å²) in [5, 5.41) is 5.22. The van der Waals surface area contributed by atoms with Gasteiger partial charge in [0.1, 0.15) is 0 Å². The first-order valence-corrected chi connectivity index (χ1v) is 8.46. The average molecular weight is 271 g/mol. The van der Waals surface area contributed by atoms with Gasteiger partial charge in [-0.1, -0.05) is 6.92 Å². The van der Waals surface area contributed by atoms with Crippen LogP contribution in [0.1, 0.15) is 47.8 Å². The topological polar surface area (TPSA) is 12.0 Å². The molecule has 2 heteroatoms. The van der Waals surface area contributed by atoms with Crippen LogP contribution in [0.5, 0.6) is 0 Å². The van der Waals surface area contributed by atoms with E-state index in [4.69, 9.17) is 0 Å². The summed E-state index contributed by atoms with van der Waals surface area (Å²) in [6.07, 6.45) is 7.85. The number of fused-ring (bicyclic) bond motifs is 2. The maximum atomic E-state index is 3.68. The minimum absolute atomic E-state index is 0.805. The second-order valence-corrected chi connectivity index (χ2v) is 7.12. The zero-order chi connectivity index (χ0) is 12.8. The summed E-state index contributed by atoms with van der Waals surface area (Å²) < 4.78 is 1.52. The van der Waals surface area contributed by atoms with E-state index in [-0.39, 0.29) is 0 Å². The van der Waals surface area contributed by atoms with Crippen LogP contribution >= 0.6 is 11.3 Å². The summed E-state index contributed by atoms with van der Waals surface area (Å²) in [4.78, 5) is 1.58. The van der Waals surface area contributed by atoms with Gasteiger partial charge in [-0.15, -0.1) is 11.3 Å². The van der Waals surface area contributed by atoms with E-state index in [0.717, 1.165) is 12.6 Å². The van der Waals surface area contributed by atoms with Crippen molar-refractivity contribution in [1.29, 1.82) is 0 Å². The van der Waals surface area contributed by atoms with Crippen molar-refractivity contribution in [2.75, 3.05) is 0 Å². The Morgan fingerprint density at radius 1 is 1.21 bits per heavy atom. The highest BCUT2D eigenvalue weighted by Crippen LogP contribution is 2.36. The molecule has 0 radical (unpaired) electrons. The van der Waals surface area contributed by atoms with Crippen LogP contribution < -0.4 is 5.32 Å². The van der Waals surface area contributed by atoms with Crippen LogP contribution in [0.4, 0.5) is 0 Å². The number of hydrogen-bond donors (Lipinski definition) is 1. The van der Waals surface area contributed by atoms with Crippen molar-refractivity contribution < 1.29 is 0 Å². The van der Waals surface area contributed by atoms with Crippen LogP contribution in [0.3, 0.4) is 0 Å². The first kappa shape index (κ1) is 11.9. The van der Waals surface area contributed by atoms with E-state index < -0.39 is 0 Å². The molecule has 1 heterocycles. The lowest BCUT2D eigenvalue weighted by molar-refractivity contribution is 0.692. The smallest absolute Gasteiger partial charge is 0.0351 e. The summed E-state index contributed by atoms with van der Waals surface area (Å²) >= 11 is 2.02. The summed E-state index contributed by atoms with van der Waals surface area (Å²) in [7, 11) is 0. The van der Waals surface area contributed by atoms with Crippen molar-refractivity contribution >= 4 is 21.4 Å². The lowest BCUT2D eigenvalue weighted by Crippen LogP contribution is -2.15. The molecule has 100 valence electrons. The molecule has 2 aromatic rings. The first-order valence-electron chi connectivity index (χ1n) is 7.64. The van der Waals surface area contributed by atoms with Crippen LogP contribution in [-0.4, -0.2) is 6.04 Å². The molecule has 4 rings (SSSR count). The molecule has 1 N–H and O–H groups in total. The third-order valence-corrected chi connectivity index (χ3v) is 5.77. The predicted octanol–water partition coefficient (Wildman–Crippen LogP) is 4.20. The van der Waals surface area contributed by atoms with Gasteiger partial charge < -0.3 is 5.32 Å². The van der Waals surface area contributed by atoms with Gasteiger partial charge in [0.05, 0.1) is 0 Å². The summed E-state index contributed by atoms with van der Waals surface area (Å²) in [6.45, 7) is 3.38. The number of aryl methyl sites for hydroxylation is 3. The Kier molecular flexibility index (Phi) is 2.89. The zero-order valence-electron chi connectivity index (χ0n) is 11.6. The molecule has 0 bridgehead atoms. The van der Waals surface area contributed by atoms with E-state index >= 15 is 0 Å². The van der Waals surface area contributed by atoms with Crippen LogP contribution in [-0.2, 0) is 25.8 Å². The van der Waals surface area contributed by atoms with Crippen LogP contribution in [0.15, 0.2) is 12.1 Å². The highest BCUT2D eigenvalue weighted by molar-refractivity contribution is 7.19. The molecule has 1 aromatic heterocycles. The van der Waals surface area contributed by atoms with E-state index in [1.807, 2.05) is 11.3 Å². The Labute approximate surface area is 119 Å². The first-order chi connectivity index (χ1) is 9.35. The second kappa shape index (κ2) is 4.60. The van der Waals surface area contributed by atoms with Gasteiger partial charge in [-0.2, -0.15) is 0 Å². The molecule has 2 aliphatic carbocycles. The standard InChI is InChI=1S/C17H21NS/c1-2-14-15-8-11-4-3-5-12(11)9-16(15)19-17(14)10-18-13-6-7-13/h8-9,13,18H,2-7,10H2,1H3. The maximum Gasteiger partial charge on any atom is 0.0351 e. The lowest BCUT2D eigenvalue weighted by atomic mass is 10.0. The molecule has 2 aliphatic rings. The lowest BCUT2D eigenvalue weighted by Gasteiger charge is -2.04. The minimum atomic E-state index is 0.805. The van der Waals surface area contributed by atoms with Crippen molar-refractivity contribution in [2.24, 2.45) is 0 Å². The van der Waals surface area contributed by atoms with E-state index in [1.165, 1.54) is 43.2 Å². The predicted molar refractivity (Wildman–Crippen MR) is 83.1 cm³/mol. The third-order valence-electron chi connectivity index (χ3n) is 4.57. The molecule has 0 unspecified atom stereocenters. The fourth-order valence-electron chi connectivity index (χ4n) is 3.32. The third kappa shape index (κ3) is 2.11. The molecule has 1 nitrogen and oxygen atoms in total. The summed E-state index contributed by atoms with van der Waals surface area (Å²) in [6, 6.07) is 5.77. The Morgan fingerprint density at radius 2 is 2.00 bits per heavy atom. The fourth-order valence-corrected chi connectivity index (χ4v) is 4.61. The monoisotopic (exact) mass is 271 g/mol. The highest BCUT2D eigenvalue weighted by Gasteiger charge is 2.22. The molecule has 0 aliphatic heterocycles. The van der Waals surface area contributed by atoms with Crippen LogP contribution in [0.2, 0.25) is 0 Å². The Bertz CT molecular complexity index is 622. The van der Waals surface area contributed by atoms with Crippen molar-refractivity contribution in [1.82, 2.24) is 5.32 Å². The van der Waals surface area contributed by atoms with Crippen LogP contribution in [0, 0.1) is 0 Å². The normalized spacial score (nSPS) is 18.2. The van der Waals surface area contributed by atoms with E-state index in [9.17, 15) is 0 Å². The Morgan fingerprint density at radius 3 is 2.74 bits per heavy atom. The molecule has 0 atom stereocenters. The minimum Gasteiger partial charge on any atom is -0.309 e. The van der Waals surface area contributed by atoms with Gasteiger partial charge in [-0.25, -0.2) is 0 Å². The largest absolute Gasteiger partial charge is 0.309 e. The van der Waals surface area contributed by atoms with Gasteiger partial charge in [-0.05, 0) is 72.7 Å². The van der Waals surface area contributed by atoms with Crippen molar-refractivity contribution in [3.05, 3.63) is 33.7 Å². The van der Waals surface area contributed by atoms with Crippen molar-refractivity contribution in [3.8, 4) is 0 Å². The summed E-state index contributed by atoms with van der Waals surface area (Å²) in [5.74, 6) is 0. The molecule has 19 heavy (non-hydrogen) atoms. The van der Waals surface area contributed by atoms with E-state index in [2.05, 4.69) is 24.4 Å². The SMILES string of the molecule is CCc1c(CNC2CC2)sc2cc3c(cc12)CCC3. The molecule has 1 aromatic carbocycles. The van der Waals surface area contributed by atoms with Crippen LogP contribution in [0.25, 0.3) is 10.1 Å². The van der Waals surface area contributed by atoms with Gasteiger partial charge in [0.15, 0.2) is 0 Å². The fraction of sp³-hybridized carbons (Fsp3) is 0.529. The molecule has 1 fully saturated rings. The van der Waals surface area contributed by atoms with E-state index in [0.29, 0.717) is 0 Å². The second-order valence-electron chi connectivity index (χ2n) is 5.98. The average Bonchev–Trinajstić information content (AvgIpc) is 3.03. The Hall–Kier alpha value is -0.860. The van der Waals surface area contributed by atoms with Gasteiger partial charge in [0, 0.05) is 22.2 Å². The number of hydrogen-bond acceptors (Lipinski definition) is 2. The Balaban J connectivity index is 1.75. The number of nitrogens with one attached hydrogen (secondary N) is 1.